The molecule has 1 aromatic rings. The molecule has 1 saturated carbocycles. The second-order valence-corrected chi connectivity index (χ2v) is 7.07. The molecule has 21 heavy (non-hydrogen) atoms. The number of likely N-dealkylation sites (tertiary alicyclic amines) is 1. The summed E-state index contributed by atoms with van der Waals surface area (Å²) in [6, 6.07) is 7.05. The standard InChI is InChI=1S/C18H27FN2/c1-14(20)17(15-6-2-3-7-16(15)19)21-12-10-18(11-13-21)8-4-5-9-18/h2-3,6-7,14,17H,4-5,8-13,20H2,1H3. The van der Waals surface area contributed by atoms with E-state index in [0.29, 0.717) is 5.41 Å². The molecule has 0 amide bonds. The van der Waals surface area contributed by atoms with Crippen LogP contribution in [0.5, 0.6) is 0 Å². The van der Waals surface area contributed by atoms with Gasteiger partial charge in [-0.05, 0) is 57.2 Å². The molecular weight excluding hydrogens is 263 g/mol. The van der Waals surface area contributed by atoms with E-state index < -0.39 is 0 Å². The van der Waals surface area contributed by atoms with Crippen LogP contribution in [0.2, 0.25) is 0 Å². The fourth-order valence-corrected chi connectivity index (χ4v) is 4.43. The highest BCUT2D eigenvalue weighted by molar-refractivity contribution is 5.23. The molecule has 0 radical (unpaired) electrons. The van der Waals surface area contributed by atoms with Crippen LogP contribution in [0.25, 0.3) is 0 Å². The summed E-state index contributed by atoms with van der Waals surface area (Å²) >= 11 is 0. The van der Waals surface area contributed by atoms with Gasteiger partial charge < -0.3 is 5.73 Å². The van der Waals surface area contributed by atoms with Crippen molar-refractivity contribution in [3.05, 3.63) is 35.6 Å². The summed E-state index contributed by atoms with van der Waals surface area (Å²) in [6.45, 7) is 4.11. The lowest BCUT2D eigenvalue weighted by Gasteiger charge is -2.44. The molecule has 1 heterocycles. The molecule has 3 heteroatoms. The third kappa shape index (κ3) is 3.00. The highest BCUT2D eigenvalue weighted by atomic mass is 19.1. The highest BCUT2D eigenvalue weighted by Gasteiger charge is 2.39. The lowest BCUT2D eigenvalue weighted by atomic mass is 9.76. The van der Waals surface area contributed by atoms with Crippen LogP contribution in [-0.4, -0.2) is 24.0 Å². The van der Waals surface area contributed by atoms with Crippen LogP contribution in [0.1, 0.15) is 57.1 Å². The molecule has 3 rings (SSSR count). The van der Waals surface area contributed by atoms with E-state index in [1.54, 1.807) is 12.1 Å². The monoisotopic (exact) mass is 290 g/mol. The Bertz CT molecular complexity index is 470. The quantitative estimate of drug-likeness (QED) is 0.915. The van der Waals surface area contributed by atoms with Gasteiger partial charge in [-0.15, -0.1) is 0 Å². The largest absolute Gasteiger partial charge is 0.326 e. The molecule has 2 N–H and O–H groups in total. The number of benzene rings is 1. The second kappa shape index (κ2) is 6.05. The van der Waals surface area contributed by atoms with Crippen LogP contribution in [0.3, 0.4) is 0 Å². The van der Waals surface area contributed by atoms with Gasteiger partial charge in [0.25, 0.3) is 0 Å². The molecule has 2 unspecified atom stereocenters. The molecule has 1 aliphatic carbocycles. The first-order valence-electron chi connectivity index (χ1n) is 8.35. The van der Waals surface area contributed by atoms with E-state index in [4.69, 9.17) is 5.73 Å². The zero-order valence-corrected chi connectivity index (χ0v) is 13.0. The van der Waals surface area contributed by atoms with Gasteiger partial charge in [0, 0.05) is 11.6 Å². The van der Waals surface area contributed by atoms with Crippen molar-refractivity contribution in [1.82, 2.24) is 4.90 Å². The topological polar surface area (TPSA) is 29.3 Å². The molecule has 2 aliphatic rings. The molecule has 2 nitrogen and oxygen atoms in total. The second-order valence-electron chi connectivity index (χ2n) is 7.07. The Hall–Kier alpha value is -0.930. The van der Waals surface area contributed by atoms with Crippen LogP contribution in [-0.2, 0) is 0 Å². The van der Waals surface area contributed by atoms with Crippen molar-refractivity contribution in [2.24, 2.45) is 11.1 Å². The van der Waals surface area contributed by atoms with Gasteiger partial charge in [0.2, 0.25) is 0 Å². The molecule has 0 aromatic heterocycles. The molecule has 2 fully saturated rings. The van der Waals surface area contributed by atoms with Gasteiger partial charge in [-0.1, -0.05) is 31.0 Å². The van der Waals surface area contributed by atoms with Gasteiger partial charge in [-0.2, -0.15) is 0 Å². The van der Waals surface area contributed by atoms with E-state index in [2.05, 4.69) is 4.90 Å². The zero-order valence-electron chi connectivity index (χ0n) is 13.0. The Morgan fingerprint density at radius 3 is 2.29 bits per heavy atom. The first kappa shape index (κ1) is 15.0. The molecule has 0 bridgehead atoms. The van der Waals surface area contributed by atoms with Crippen LogP contribution in [0.4, 0.5) is 4.39 Å². The minimum Gasteiger partial charge on any atom is -0.326 e. The lowest BCUT2D eigenvalue weighted by molar-refractivity contribution is 0.0664. The van der Waals surface area contributed by atoms with Gasteiger partial charge in [-0.25, -0.2) is 4.39 Å². The van der Waals surface area contributed by atoms with Crippen LogP contribution in [0.15, 0.2) is 24.3 Å². The fraction of sp³-hybridized carbons (Fsp3) is 0.667. The maximum Gasteiger partial charge on any atom is 0.128 e. The van der Waals surface area contributed by atoms with Crippen LogP contribution >= 0.6 is 0 Å². The van der Waals surface area contributed by atoms with E-state index >= 15 is 0 Å². The predicted octanol–water partition coefficient (Wildman–Crippen LogP) is 3.87. The minimum atomic E-state index is -0.124. The van der Waals surface area contributed by atoms with Crippen molar-refractivity contribution in [3.63, 3.8) is 0 Å². The van der Waals surface area contributed by atoms with Crippen molar-refractivity contribution in [3.8, 4) is 0 Å². The van der Waals surface area contributed by atoms with Crippen LogP contribution < -0.4 is 5.73 Å². The maximum atomic E-state index is 14.2. The Morgan fingerprint density at radius 2 is 1.71 bits per heavy atom. The van der Waals surface area contributed by atoms with E-state index in [1.165, 1.54) is 38.5 Å². The van der Waals surface area contributed by atoms with Gasteiger partial charge in [0.1, 0.15) is 5.82 Å². The van der Waals surface area contributed by atoms with E-state index in [-0.39, 0.29) is 17.9 Å². The molecule has 1 spiro atoms. The highest BCUT2D eigenvalue weighted by Crippen LogP contribution is 2.47. The van der Waals surface area contributed by atoms with Crippen molar-refractivity contribution in [1.29, 1.82) is 0 Å². The Morgan fingerprint density at radius 1 is 1.10 bits per heavy atom. The van der Waals surface area contributed by atoms with Crippen molar-refractivity contribution in [2.45, 2.75) is 57.5 Å². The summed E-state index contributed by atoms with van der Waals surface area (Å²) < 4.78 is 14.2. The maximum absolute atomic E-state index is 14.2. The fourth-order valence-electron chi connectivity index (χ4n) is 4.43. The van der Waals surface area contributed by atoms with Crippen molar-refractivity contribution >= 4 is 0 Å². The number of nitrogens with two attached hydrogens (primary N) is 1. The summed E-state index contributed by atoms with van der Waals surface area (Å²) in [4.78, 5) is 2.41. The number of piperidine rings is 1. The third-order valence-electron chi connectivity index (χ3n) is 5.64. The Balaban J connectivity index is 1.76. The lowest BCUT2D eigenvalue weighted by Crippen LogP contribution is -2.46. The number of rotatable bonds is 3. The van der Waals surface area contributed by atoms with Gasteiger partial charge >= 0.3 is 0 Å². The predicted molar refractivity (Wildman–Crippen MR) is 84.5 cm³/mol. The normalized spacial score (nSPS) is 25.1. The average molecular weight is 290 g/mol. The zero-order chi connectivity index (χ0) is 14.9. The third-order valence-corrected chi connectivity index (χ3v) is 5.64. The van der Waals surface area contributed by atoms with E-state index in [0.717, 1.165) is 18.7 Å². The first-order chi connectivity index (χ1) is 10.1. The molecule has 1 saturated heterocycles. The summed E-state index contributed by atoms with van der Waals surface area (Å²) in [6.07, 6.45) is 8.08. The first-order valence-corrected chi connectivity index (χ1v) is 8.35. The smallest absolute Gasteiger partial charge is 0.128 e. The van der Waals surface area contributed by atoms with Gasteiger partial charge in [-0.3, -0.25) is 4.90 Å². The average Bonchev–Trinajstić information content (AvgIpc) is 2.92. The molecule has 116 valence electrons. The van der Waals surface area contributed by atoms with E-state index in [9.17, 15) is 4.39 Å². The minimum absolute atomic E-state index is 0.00459. The number of halogens is 1. The summed E-state index contributed by atoms with van der Waals surface area (Å²) in [5, 5.41) is 0. The summed E-state index contributed by atoms with van der Waals surface area (Å²) in [7, 11) is 0. The number of nitrogens with zero attached hydrogens (tertiary/aromatic N) is 1. The van der Waals surface area contributed by atoms with Crippen molar-refractivity contribution in [2.75, 3.05) is 13.1 Å². The SMILES string of the molecule is CC(N)C(c1ccccc1F)N1CCC2(CCCC2)CC1. The molecule has 1 aromatic carbocycles. The summed E-state index contributed by atoms with van der Waals surface area (Å²) in [5.41, 5.74) is 7.56. The number of hydrogen-bond donors (Lipinski definition) is 1. The van der Waals surface area contributed by atoms with E-state index in [1.807, 2.05) is 19.1 Å². The van der Waals surface area contributed by atoms with Crippen molar-refractivity contribution < 1.29 is 4.39 Å². The summed E-state index contributed by atoms with van der Waals surface area (Å²) in [5.74, 6) is -0.124. The van der Waals surface area contributed by atoms with Gasteiger partial charge in [0.05, 0.1) is 6.04 Å². The molecule has 1 aliphatic heterocycles. The molecule has 2 atom stereocenters. The van der Waals surface area contributed by atoms with Crippen LogP contribution in [0, 0.1) is 11.2 Å². The number of hydrogen-bond acceptors (Lipinski definition) is 2. The molecular formula is C18H27FN2. The Labute approximate surface area is 127 Å². The Kier molecular flexibility index (Phi) is 4.32. The van der Waals surface area contributed by atoms with Gasteiger partial charge in [0.15, 0.2) is 0 Å².